The molecule has 0 saturated carbocycles. The highest BCUT2D eigenvalue weighted by Crippen LogP contribution is 2.28. The van der Waals surface area contributed by atoms with E-state index < -0.39 is 39.6 Å². The zero-order valence-electron chi connectivity index (χ0n) is 24.6. The van der Waals surface area contributed by atoms with Gasteiger partial charge in [0.1, 0.15) is 17.7 Å². The van der Waals surface area contributed by atoms with Crippen LogP contribution in [0.4, 0.5) is 20.2 Å². The number of hydrogen-bond donors (Lipinski definition) is 3. The fourth-order valence-electron chi connectivity index (χ4n) is 5.64. The van der Waals surface area contributed by atoms with Crippen molar-refractivity contribution in [2.24, 2.45) is 0 Å². The number of rotatable bonds is 11. The van der Waals surface area contributed by atoms with E-state index in [0.29, 0.717) is 35.8 Å². The number of hydrogen-bond acceptors (Lipinski definition) is 6. The Morgan fingerprint density at radius 2 is 1.82 bits per heavy atom. The van der Waals surface area contributed by atoms with E-state index >= 15 is 4.39 Å². The molecule has 1 amide bonds. The average Bonchev–Trinajstić information content (AvgIpc) is 3.01. The lowest BCUT2D eigenvalue weighted by atomic mass is 9.99. The van der Waals surface area contributed by atoms with Crippen LogP contribution >= 0.6 is 11.6 Å². The molecule has 3 aromatic carbocycles. The molecule has 0 radical (unpaired) electrons. The molecule has 0 aliphatic carbocycles. The maximum Gasteiger partial charge on any atom is 0.247 e. The third kappa shape index (κ3) is 8.04. The summed E-state index contributed by atoms with van der Waals surface area (Å²) in [5, 5.41) is 9.68. The first-order chi connectivity index (χ1) is 21.6. The first kappa shape index (κ1) is 32.5. The minimum Gasteiger partial charge on any atom is -0.373 e. The van der Waals surface area contributed by atoms with Gasteiger partial charge in [0.25, 0.3) is 0 Å². The summed E-state index contributed by atoms with van der Waals surface area (Å²) >= 11 is 6.20. The normalized spacial score (nSPS) is 17.9. The lowest BCUT2D eigenvalue weighted by Gasteiger charge is -2.40. The molecule has 3 atom stereocenters. The molecule has 4 aromatic rings. The van der Waals surface area contributed by atoms with E-state index in [4.69, 9.17) is 11.6 Å². The van der Waals surface area contributed by atoms with Gasteiger partial charge in [-0.1, -0.05) is 48.0 Å². The van der Waals surface area contributed by atoms with Crippen molar-refractivity contribution in [3.63, 3.8) is 0 Å². The van der Waals surface area contributed by atoms with E-state index in [2.05, 4.69) is 20.9 Å². The Bertz CT molecular complexity index is 1750. The minimum absolute atomic E-state index is 0.177. The van der Waals surface area contributed by atoms with E-state index in [1.807, 2.05) is 13.0 Å². The second kappa shape index (κ2) is 14.5. The second-order valence-corrected chi connectivity index (χ2v) is 13.3. The minimum atomic E-state index is -3.80. The molecule has 8 nitrogen and oxygen atoms in total. The van der Waals surface area contributed by atoms with E-state index in [1.54, 1.807) is 60.7 Å². The highest BCUT2D eigenvalue weighted by molar-refractivity contribution is 7.89. The highest BCUT2D eigenvalue weighted by atomic mass is 35.5. The van der Waals surface area contributed by atoms with E-state index in [0.717, 1.165) is 17.8 Å². The summed E-state index contributed by atoms with van der Waals surface area (Å²) in [6, 6.07) is 19.4. The summed E-state index contributed by atoms with van der Waals surface area (Å²) in [7, 11) is -3.80. The number of aromatic nitrogens is 1. The van der Waals surface area contributed by atoms with E-state index in [-0.39, 0.29) is 29.5 Å². The number of nitrogens with zero attached hydrogens (tertiary/aromatic N) is 2. The van der Waals surface area contributed by atoms with E-state index in [9.17, 15) is 17.6 Å². The van der Waals surface area contributed by atoms with Gasteiger partial charge in [-0.3, -0.25) is 9.78 Å². The van der Waals surface area contributed by atoms with Crippen molar-refractivity contribution >= 4 is 38.9 Å². The average molecular weight is 654 g/mol. The third-order valence-corrected chi connectivity index (χ3v) is 10.0. The molecule has 3 N–H and O–H groups in total. The van der Waals surface area contributed by atoms with Crippen LogP contribution in [0.2, 0.25) is 5.02 Å². The zero-order valence-corrected chi connectivity index (χ0v) is 26.2. The number of carbonyl (C=O) groups is 1. The molecular formula is C33H34ClF2N5O3S. The molecule has 236 valence electrons. The predicted molar refractivity (Wildman–Crippen MR) is 172 cm³/mol. The fourth-order valence-corrected chi connectivity index (χ4v) is 7.72. The molecule has 5 rings (SSSR count). The molecule has 0 spiro atoms. The van der Waals surface area contributed by atoms with Crippen LogP contribution in [-0.2, 0) is 27.7 Å². The molecule has 1 aliphatic heterocycles. The zero-order chi connectivity index (χ0) is 32.0. The first-order valence-corrected chi connectivity index (χ1v) is 16.4. The summed E-state index contributed by atoms with van der Waals surface area (Å²) in [4.78, 5) is 17.5. The van der Waals surface area contributed by atoms with Gasteiger partial charge in [-0.25, -0.2) is 17.2 Å². The SMILES string of the molecule is C[C@H]1CNC[C@H](CCc2c(F)cccc2N[C@@H](Cc2cccc(Cl)c2)C(=O)Nc2cncc(F)c2)N1S(=O)(=O)c1ccccc1. The van der Waals surface area contributed by atoms with Gasteiger partial charge in [-0.05, 0) is 61.7 Å². The Hall–Kier alpha value is -3.90. The van der Waals surface area contributed by atoms with Gasteiger partial charge >= 0.3 is 0 Å². The van der Waals surface area contributed by atoms with Crippen LogP contribution in [0.3, 0.4) is 0 Å². The quantitative estimate of drug-likeness (QED) is 0.193. The number of amides is 1. The highest BCUT2D eigenvalue weighted by Gasteiger charge is 2.37. The molecule has 1 aliphatic rings. The number of anilines is 2. The summed E-state index contributed by atoms with van der Waals surface area (Å²) in [6.45, 7) is 2.76. The summed E-state index contributed by atoms with van der Waals surface area (Å²) in [6.07, 6.45) is 3.09. The molecule has 1 aromatic heterocycles. The summed E-state index contributed by atoms with van der Waals surface area (Å²) in [5.74, 6) is -1.57. The lowest BCUT2D eigenvalue weighted by molar-refractivity contribution is -0.116. The fraction of sp³-hybridized carbons (Fsp3) is 0.273. The summed E-state index contributed by atoms with van der Waals surface area (Å²) < 4.78 is 58.1. The number of sulfonamides is 1. The van der Waals surface area contributed by atoms with Gasteiger partial charge in [0, 0.05) is 53.9 Å². The second-order valence-electron chi connectivity index (χ2n) is 11.0. The Kier molecular flexibility index (Phi) is 10.4. The summed E-state index contributed by atoms with van der Waals surface area (Å²) in [5.41, 5.74) is 1.65. The molecule has 45 heavy (non-hydrogen) atoms. The Labute approximate surface area is 266 Å². The van der Waals surface area contributed by atoms with Crippen molar-refractivity contribution < 1.29 is 22.0 Å². The van der Waals surface area contributed by atoms with Gasteiger partial charge in [0.05, 0.1) is 23.0 Å². The first-order valence-electron chi connectivity index (χ1n) is 14.6. The van der Waals surface area contributed by atoms with Crippen molar-refractivity contribution in [1.29, 1.82) is 0 Å². The van der Waals surface area contributed by atoms with Crippen LogP contribution in [0.15, 0.2) is 96.2 Å². The number of benzene rings is 3. The monoisotopic (exact) mass is 653 g/mol. The van der Waals surface area contributed by atoms with Crippen LogP contribution < -0.4 is 16.0 Å². The number of nitrogens with one attached hydrogen (secondary N) is 3. The predicted octanol–water partition coefficient (Wildman–Crippen LogP) is 5.66. The largest absolute Gasteiger partial charge is 0.373 e. The van der Waals surface area contributed by atoms with Crippen LogP contribution in [-0.4, -0.2) is 54.8 Å². The van der Waals surface area contributed by atoms with Crippen LogP contribution in [0.25, 0.3) is 0 Å². The van der Waals surface area contributed by atoms with Crippen molar-refractivity contribution in [3.05, 3.63) is 119 Å². The number of carbonyl (C=O) groups excluding carboxylic acids is 1. The molecule has 12 heteroatoms. The van der Waals surface area contributed by atoms with Gasteiger partial charge in [0.2, 0.25) is 15.9 Å². The van der Waals surface area contributed by atoms with Crippen molar-refractivity contribution in [2.75, 3.05) is 23.7 Å². The number of piperazine rings is 1. The molecule has 0 bridgehead atoms. The Balaban J connectivity index is 1.40. The molecule has 1 saturated heterocycles. The number of halogens is 3. The van der Waals surface area contributed by atoms with Crippen molar-refractivity contribution in [2.45, 2.75) is 49.2 Å². The van der Waals surface area contributed by atoms with Crippen molar-refractivity contribution in [1.82, 2.24) is 14.6 Å². The third-order valence-electron chi connectivity index (χ3n) is 7.73. The maximum atomic E-state index is 15.4. The van der Waals surface area contributed by atoms with Crippen LogP contribution in [0.5, 0.6) is 0 Å². The Morgan fingerprint density at radius 1 is 1.04 bits per heavy atom. The molecule has 2 heterocycles. The number of pyridine rings is 1. The van der Waals surface area contributed by atoms with Crippen LogP contribution in [0.1, 0.15) is 24.5 Å². The lowest BCUT2D eigenvalue weighted by Crippen LogP contribution is -2.58. The van der Waals surface area contributed by atoms with Crippen LogP contribution in [0, 0.1) is 11.6 Å². The molecule has 1 fully saturated rings. The standard InChI is InChI=1S/C33H34ClF2N5O3S/c1-22-18-37-21-27(41(22)45(43,44)28-9-3-2-4-10-28)13-14-29-30(36)11-6-12-31(29)40-32(16-23-7-5-8-24(34)15-23)33(42)39-26-17-25(35)19-38-20-26/h2-12,15,17,19-20,22,27,32,37,40H,13-14,16,18,21H2,1H3,(H,39,42)/t22-,27-,32-/m0/s1. The Morgan fingerprint density at radius 3 is 2.58 bits per heavy atom. The molecule has 0 unspecified atom stereocenters. The van der Waals surface area contributed by atoms with Gasteiger partial charge < -0.3 is 16.0 Å². The maximum absolute atomic E-state index is 15.4. The van der Waals surface area contributed by atoms with Gasteiger partial charge in [0.15, 0.2) is 0 Å². The van der Waals surface area contributed by atoms with E-state index in [1.165, 1.54) is 16.6 Å². The smallest absolute Gasteiger partial charge is 0.247 e. The van der Waals surface area contributed by atoms with Gasteiger partial charge in [-0.15, -0.1) is 0 Å². The topological polar surface area (TPSA) is 103 Å². The molecular weight excluding hydrogens is 620 g/mol. The van der Waals surface area contributed by atoms with Gasteiger partial charge in [-0.2, -0.15) is 4.31 Å². The van der Waals surface area contributed by atoms with Crippen molar-refractivity contribution in [3.8, 4) is 0 Å².